The number of hydrogen-bond donors (Lipinski definition) is 2. The van der Waals surface area contributed by atoms with E-state index in [1.807, 2.05) is 0 Å². The Bertz CT molecular complexity index is 1050. The molecule has 2 aromatic heterocycles. The van der Waals surface area contributed by atoms with E-state index in [4.69, 9.17) is 23.2 Å². The Morgan fingerprint density at radius 1 is 1.19 bits per heavy atom. The average Bonchev–Trinajstić information content (AvgIpc) is 3.28. The van der Waals surface area contributed by atoms with E-state index in [9.17, 15) is 13.2 Å². The number of anilines is 1. The fourth-order valence-corrected chi connectivity index (χ4v) is 5.33. The predicted octanol–water partition coefficient (Wildman–Crippen LogP) is 4.20. The van der Waals surface area contributed by atoms with E-state index in [-0.39, 0.29) is 16.6 Å². The summed E-state index contributed by atoms with van der Waals surface area (Å²) in [6, 6.07) is 4.59. The van der Waals surface area contributed by atoms with Gasteiger partial charge in [-0.15, -0.1) is 22.7 Å². The van der Waals surface area contributed by atoms with Gasteiger partial charge in [0.05, 0.1) is 15.7 Å². The zero-order valence-electron chi connectivity index (χ0n) is 13.5. The molecule has 0 saturated carbocycles. The van der Waals surface area contributed by atoms with Crippen LogP contribution in [0.5, 0.6) is 0 Å². The van der Waals surface area contributed by atoms with E-state index in [1.54, 1.807) is 29.0 Å². The van der Waals surface area contributed by atoms with Crippen molar-refractivity contribution in [1.82, 2.24) is 15.3 Å². The first kappa shape index (κ1) is 20.0. The van der Waals surface area contributed by atoms with Gasteiger partial charge in [-0.2, -0.15) is 0 Å². The number of rotatable bonds is 6. The second-order valence-corrected chi connectivity index (χ2v) is 9.99. The molecule has 2 N–H and O–H groups in total. The molecule has 0 aliphatic heterocycles. The van der Waals surface area contributed by atoms with Crippen LogP contribution in [0.25, 0.3) is 0 Å². The molecule has 2 heterocycles. The molecule has 0 unspecified atom stereocenters. The van der Waals surface area contributed by atoms with Crippen molar-refractivity contribution < 1.29 is 13.2 Å². The molecule has 27 heavy (non-hydrogen) atoms. The zero-order valence-corrected chi connectivity index (χ0v) is 17.4. The summed E-state index contributed by atoms with van der Waals surface area (Å²) in [5.41, 5.74) is 1.13. The lowest BCUT2D eigenvalue weighted by molar-refractivity contribution is 0.251. The third-order valence-corrected chi connectivity index (χ3v) is 7.70. The minimum atomic E-state index is -3.54. The van der Waals surface area contributed by atoms with Gasteiger partial charge in [0.1, 0.15) is 5.75 Å². The number of thiazole rings is 2. The smallest absolute Gasteiger partial charge is 0.321 e. The Hall–Kier alpha value is -1.72. The van der Waals surface area contributed by atoms with E-state index in [2.05, 4.69) is 20.6 Å². The van der Waals surface area contributed by atoms with Crippen LogP contribution in [0.3, 0.4) is 0 Å². The minimum absolute atomic E-state index is 0.0457. The summed E-state index contributed by atoms with van der Waals surface area (Å²) < 4.78 is 24.4. The number of amides is 2. The van der Waals surface area contributed by atoms with Crippen LogP contribution in [0.15, 0.2) is 39.5 Å². The monoisotopic (exact) mass is 462 g/mol. The number of aromatic nitrogens is 2. The third kappa shape index (κ3) is 5.39. The summed E-state index contributed by atoms with van der Waals surface area (Å²) >= 11 is 14.0. The molecule has 0 radical (unpaired) electrons. The number of sulfone groups is 1. The van der Waals surface area contributed by atoms with Crippen molar-refractivity contribution in [1.29, 1.82) is 0 Å². The van der Waals surface area contributed by atoms with Gasteiger partial charge in [0, 0.05) is 23.5 Å². The second-order valence-electron chi connectivity index (χ2n) is 5.26. The number of carbonyl (C=O) groups is 1. The lowest BCUT2D eigenvalue weighted by Gasteiger charge is -2.06. The van der Waals surface area contributed by atoms with Gasteiger partial charge in [0.25, 0.3) is 0 Å². The van der Waals surface area contributed by atoms with Crippen molar-refractivity contribution in [3.05, 3.63) is 56.5 Å². The Morgan fingerprint density at radius 3 is 2.70 bits per heavy atom. The van der Waals surface area contributed by atoms with Gasteiger partial charge in [-0.1, -0.05) is 29.3 Å². The highest BCUT2D eigenvalue weighted by atomic mass is 35.5. The fraction of sp³-hybridized carbons (Fsp3) is 0.133. The van der Waals surface area contributed by atoms with Crippen molar-refractivity contribution in [2.75, 3.05) is 5.32 Å². The maximum atomic E-state index is 12.2. The fourth-order valence-electron chi connectivity index (χ4n) is 2.02. The van der Waals surface area contributed by atoms with Crippen molar-refractivity contribution in [3.8, 4) is 0 Å². The Morgan fingerprint density at radius 2 is 2.00 bits per heavy atom. The van der Waals surface area contributed by atoms with E-state index in [0.717, 1.165) is 28.2 Å². The molecule has 2 amide bonds. The molecule has 3 rings (SSSR count). The molecule has 0 spiro atoms. The minimum Gasteiger partial charge on any atom is -0.334 e. The van der Waals surface area contributed by atoms with Crippen LogP contribution < -0.4 is 10.6 Å². The standard InChI is InChI=1S/C15H12Cl2N4O3S3/c16-11-2-1-9(5-12(11)17)6-19-13(22)21-14-20-10(7-26-14)8-27(23,24)15-18-3-4-25-15/h1-5,7H,6,8H2,(H2,19,20,21,22). The molecule has 12 heteroatoms. The lowest BCUT2D eigenvalue weighted by Crippen LogP contribution is -2.28. The highest BCUT2D eigenvalue weighted by Crippen LogP contribution is 2.23. The van der Waals surface area contributed by atoms with E-state index in [1.165, 1.54) is 6.20 Å². The third-order valence-electron chi connectivity index (χ3n) is 3.22. The molecule has 0 saturated heterocycles. The molecule has 3 aromatic rings. The summed E-state index contributed by atoms with van der Waals surface area (Å²) in [5, 5.41) is 9.55. The second kappa shape index (κ2) is 8.53. The van der Waals surface area contributed by atoms with E-state index in [0.29, 0.717) is 20.9 Å². The van der Waals surface area contributed by atoms with Gasteiger partial charge in [-0.25, -0.2) is 23.2 Å². The molecule has 0 fully saturated rings. The van der Waals surface area contributed by atoms with Crippen molar-refractivity contribution >= 4 is 66.9 Å². The molecule has 7 nitrogen and oxygen atoms in total. The van der Waals surface area contributed by atoms with Crippen LogP contribution in [-0.4, -0.2) is 24.4 Å². The quantitative estimate of drug-likeness (QED) is 0.571. The Labute approximate surface area is 173 Å². The Balaban J connectivity index is 1.55. The van der Waals surface area contributed by atoms with Crippen molar-refractivity contribution in [3.63, 3.8) is 0 Å². The van der Waals surface area contributed by atoms with Crippen molar-refractivity contribution in [2.45, 2.75) is 16.6 Å². The number of carbonyl (C=O) groups excluding carboxylic acids is 1. The lowest BCUT2D eigenvalue weighted by atomic mass is 10.2. The summed E-state index contributed by atoms with van der Waals surface area (Å²) in [6.45, 7) is 0.249. The number of benzene rings is 1. The Kier molecular flexibility index (Phi) is 6.33. The summed E-state index contributed by atoms with van der Waals surface area (Å²) in [5.74, 6) is -0.274. The number of urea groups is 1. The predicted molar refractivity (Wildman–Crippen MR) is 107 cm³/mol. The number of nitrogens with zero attached hydrogens (tertiary/aromatic N) is 2. The molecule has 0 atom stereocenters. The van der Waals surface area contributed by atoms with Gasteiger partial charge in [0.15, 0.2) is 5.13 Å². The van der Waals surface area contributed by atoms with Crippen LogP contribution in [-0.2, 0) is 22.1 Å². The molecule has 0 aliphatic carbocycles. The molecular weight excluding hydrogens is 451 g/mol. The number of hydrogen-bond acceptors (Lipinski definition) is 7. The largest absolute Gasteiger partial charge is 0.334 e. The number of halogens is 2. The molecule has 142 valence electrons. The average molecular weight is 463 g/mol. The van der Waals surface area contributed by atoms with E-state index >= 15 is 0 Å². The van der Waals surface area contributed by atoms with Gasteiger partial charge in [-0.3, -0.25) is 5.32 Å². The number of nitrogens with one attached hydrogen (secondary N) is 2. The SMILES string of the molecule is O=C(NCc1ccc(Cl)c(Cl)c1)Nc1nc(CS(=O)(=O)c2nccs2)cs1. The first-order valence-corrected chi connectivity index (χ1v) is 11.6. The van der Waals surface area contributed by atoms with Crippen LogP contribution >= 0.6 is 45.9 Å². The summed E-state index contributed by atoms with van der Waals surface area (Å²) in [7, 11) is -3.54. The highest BCUT2D eigenvalue weighted by molar-refractivity contribution is 7.92. The van der Waals surface area contributed by atoms with Crippen molar-refractivity contribution in [2.24, 2.45) is 0 Å². The van der Waals surface area contributed by atoms with E-state index < -0.39 is 15.9 Å². The topological polar surface area (TPSA) is 101 Å². The normalized spacial score (nSPS) is 11.3. The summed E-state index contributed by atoms with van der Waals surface area (Å²) in [6.07, 6.45) is 1.43. The molecular formula is C15H12Cl2N4O3S3. The maximum absolute atomic E-state index is 12.2. The zero-order chi connectivity index (χ0) is 19.4. The van der Waals surface area contributed by atoms with Gasteiger partial charge in [-0.05, 0) is 17.7 Å². The molecule has 1 aromatic carbocycles. The van der Waals surface area contributed by atoms with Crippen LogP contribution in [0.1, 0.15) is 11.3 Å². The summed E-state index contributed by atoms with van der Waals surface area (Å²) in [4.78, 5) is 19.9. The maximum Gasteiger partial charge on any atom is 0.321 e. The van der Waals surface area contributed by atoms with Crippen LogP contribution in [0, 0.1) is 0 Å². The molecule has 0 bridgehead atoms. The van der Waals surface area contributed by atoms with Crippen LogP contribution in [0.2, 0.25) is 10.0 Å². The van der Waals surface area contributed by atoms with Gasteiger partial charge in [0.2, 0.25) is 14.2 Å². The van der Waals surface area contributed by atoms with Gasteiger partial charge >= 0.3 is 6.03 Å². The first-order chi connectivity index (χ1) is 12.8. The van der Waals surface area contributed by atoms with Gasteiger partial charge < -0.3 is 5.32 Å². The highest BCUT2D eigenvalue weighted by Gasteiger charge is 2.20. The molecule has 0 aliphatic rings. The van der Waals surface area contributed by atoms with Crippen LogP contribution in [0.4, 0.5) is 9.93 Å². The first-order valence-electron chi connectivity index (χ1n) is 7.39.